The van der Waals surface area contributed by atoms with Crippen LogP contribution in [0.25, 0.3) is 0 Å². The van der Waals surface area contributed by atoms with Gasteiger partial charge in [-0.2, -0.15) is 0 Å². The zero-order valence-electron chi connectivity index (χ0n) is 14.6. The molecule has 8 nitrogen and oxygen atoms in total. The Morgan fingerprint density at radius 1 is 0.731 bits per heavy atom. The van der Waals surface area contributed by atoms with E-state index in [0.29, 0.717) is 62.9 Å². The topological polar surface area (TPSA) is 134 Å². The minimum absolute atomic E-state index is 0.00200. The zero-order chi connectivity index (χ0) is 19.4. The third-order valence-corrected chi connectivity index (χ3v) is 3.94. The molecule has 0 aliphatic rings. The fraction of sp³-hybridized carbons (Fsp3) is 0.556. The number of hydrogen-bond acceptors (Lipinski definition) is 6. The van der Waals surface area contributed by atoms with Crippen LogP contribution in [0.3, 0.4) is 0 Å². The molecule has 4 N–H and O–H groups in total. The molecule has 1 aromatic rings. The lowest BCUT2D eigenvalue weighted by Gasteiger charge is -2.13. The van der Waals surface area contributed by atoms with Crippen LogP contribution in [-0.2, 0) is 22.3 Å². The Morgan fingerprint density at radius 3 is 1.50 bits per heavy atom. The summed E-state index contributed by atoms with van der Waals surface area (Å²) in [6, 6.07) is 2.89. The van der Waals surface area contributed by atoms with E-state index < -0.39 is 11.9 Å². The molecule has 0 fully saturated rings. The van der Waals surface area contributed by atoms with Gasteiger partial charge in [-0.1, -0.05) is 6.07 Å². The summed E-state index contributed by atoms with van der Waals surface area (Å²) in [6.45, 7) is 0.0588. The molecule has 1 aromatic carbocycles. The maximum Gasteiger partial charge on any atom is 0.335 e. The predicted molar refractivity (Wildman–Crippen MR) is 92.3 cm³/mol. The summed E-state index contributed by atoms with van der Waals surface area (Å²) in [5.41, 5.74) is 1.18. The highest BCUT2D eigenvalue weighted by Gasteiger charge is 2.18. The Hall–Kier alpha value is -2.00. The molecule has 0 saturated carbocycles. The van der Waals surface area contributed by atoms with Crippen LogP contribution in [0.4, 0.5) is 0 Å². The Balaban J connectivity index is 2.89. The molecule has 0 unspecified atom stereocenters. The number of unbranched alkanes of at least 4 members (excludes halogenated alkanes) is 2. The summed E-state index contributed by atoms with van der Waals surface area (Å²) in [5.74, 6) is -2.31. The lowest BCUT2D eigenvalue weighted by atomic mass is 9.92. The minimum atomic E-state index is -1.16. The molecule has 0 spiro atoms. The van der Waals surface area contributed by atoms with Crippen LogP contribution in [0.15, 0.2) is 12.1 Å². The number of rotatable bonds is 14. The molecule has 0 aromatic heterocycles. The summed E-state index contributed by atoms with van der Waals surface area (Å²) >= 11 is 0. The molecule has 0 aliphatic heterocycles. The van der Waals surface area contributed by atoms with E-state index in [4.69, 9.17) is 19.7 Å². The van der Waals surface area contributed by atoms with Crippen LogP contribution in [-0.4, -0.2) is 59.2 Å². The Bertz CT molecular complexity index is 538. The fourth-order valence-corrected chi connectivity index (χ4v) is 2.68. The first kappa shape index (κ1) is 22.0. The standard InChI is InChI=1S/C18H26O8/c19-11-25-7-3-1-5-13-9-14(6-2-4-8-26-12-20)16(18(23)24)10-15(13)17(21)22/h9-10,19-20H,1-8,11-12H2,(H,21,22)(H,23,24). The van der Waals surface area contributed by atoms with E-state index >= 15 is 0 Å². The van der Waals surface area contributed by atoms with Crippen LogP contribution >= 0.6 is 0 Å². The number of hydrogen-bond donors (Lipinski definition) is 4. The van der Waals surface area contributed by atoms with Gasteiger partial charge in [-0.15, -0.1) is 0 Å². The fourth-order valence-electron chi connectivity index (χ4n) is 2.68. The van der Waals surface area contributed by atoms with Gasteiger partial charge < -0.3 is 29.9 Å². The number of carbonyl (C=O) groups is 2. The number of benzene rings is 1. The third kappa shape index (κ3) is 7.49. The Morgan fingerprint density at radius 2 is 1.15 bits per heavy atom. The van der Waals surface area contributed by atoms with Crippen molar-refractivity contribution in [1.82, 2.24) is 0 Å². The van der Waals surface area contributed by atoms with Gasteiger partial charge in [-0.05, 0) is 55.7 Å². The maximum absolute atomic E-state index is 11.5. The monoisotopic (exact) mass is 370 g/mol. The lowest BCUT2D eigenvalue weighted by Crippen LogP contribution is -2.11. The van der Waals surface area contributed by atoms with Crippen molar-refractivity contribution in [3.05, 3.63) is 34.4 Å². The van der Waals surface area contributed by atoms with E-state index in [-0.39, 0.29) is 24.7 Å². The second-order valence-electron chi connectivity index (χ2n) is 5.77. The number of carboxylic acids is 2. The van der Waals surface area contributed by atoms with E-state index in [2.05, 4.69) is 0 Å². The van der Waals surface area contributed by atoms with Gasteiger partial charge >= 0.3 is 11.9 Å². The van der Waals surface area contributed by atoms with Crippen molar-refractivity contribution in [2.45, 2.75) is 38.5 Å². The molecule has 0 bridgehead atoms. The first-order valence-electron chi connectivity index (χ1n) is 8.50. The summed E-state index contributed by atoms with van der Waals surface area (Å²) in [7, 11) is 0. The van der Waals surface area contributed by atoms with Gasteiger partial charge in [0.25, 0.3) is 0 Å². The van der Waals surface area contributed by atoms with E-state index in [1.807, 2.05) is 0 Å². The van der Waals surface area contributed by atoms with E-state index in [0.717, 1.165) is 0 Å². The predicted octanol–water partition coefficient (Wildman–Crippen LogP) is 1.66. The zero-order valence-corrected chi connectivity index (χ0v) is 14.6. The van der Waals surface area contributed by atoms with Crippen molar-refractivity contribution in [3.63, 3.8) is 0 Å². The quantitative estimate of drug-likeness (QED) is 0.287. The number of carboxylic acid groups (broad SMARTS) is 2. The molecule has 0 radical (unpaired) electrons. The molecule has 0 aliphatic carbocycles. The molecule has 146 valence electrons. The third-order valence-electron chi connectivity index (χ3n) is 3.94. The average molecular weight is 370 g/mol. The first-order valence-corrected chi connectivity index (χ1v) is 8.50. The van der Waals surface area contributed by atoms with Crippen LogP contribution in [0, 0.1) is 0 Å². The number of aromatic carboxylic acids is 2. The van der Waals surface area contributed by atoms with Crippen molar-refractivity contribution in [1.29, 1.82) is 0 Å². The number of aliphatic hydroxyl groups excluding tert-OH is 2. The second kappa shape index (κ2) is 12.4. The summed E-state index contributed by atoms with van der Waals surface area (Å²) in [4.78, 5) is 23.0. The van der Waals surface area contributed by atoms with Gasteiger partial charge in [0, 0.05) is 13.2 Å². The summed E-state index contributed by atoms with van der Waals surface area (Å²) in [5, 5.41) is 35.9. The van der Waals surface area contributed by atoms with Gasteiger partial charge in [-0.25, -0.2) is 9.59 Å². The molecule has 8 heteroatoms. The van der Waals surface area contributed by atoms with Gasteiger partial charge in [0.15, 0.2) is 0 Å². The van der Waals surface area contributed by atoms with Crippen molar-refractivity contribution in [3.8, 4) is 0 Å². The van der Waals surface area contributed by atoms with E-state index in [1.54, 1.807) is 6.07 Å². The SMILES string of the molecule is O=C(O)c1cc(C(=O)O)c(CCCCOCO)cc1CCCCOCO. The van der Waals surface area contributed by atoms with Gasteiger partial charge in [0.1, 0.15) is 13.6 Å². The molecule has 0 atom stereocenters. The van der Waals surface area contributed by atoms with Crippen molar-refractivity contribution in [2.24, 2.45) is 0 Å². The van der Waals surface area contributed by atoms with Crippen molar-refractivity contribution in [2.75, 3.05) is 26.8 Å². The lowest BCUT2D eigenvalue weighted by molar-refractivity contribution is -0.00294. The number of aryl methyl sites for hydroxylation is 2. The second-order valence-corrected chi connectivity index (χ2v) is 5.77. The Labute approximate surface area is 152 Å². The Kier molecular flexibility index (Phi) is 10.5. The molecular formula is C18H26O8. The minimum Gasteiger partial charge on any atom is -0.478 e. The molecule has 0 heterocycles. The summed E-state index contributed by atoms with van der Waals surface area (Å²) < 4.78 is 9.68. The van der Waals surface area contributed by atoms with Crippen LogP contribution in [0.1, 0.15) is 57.5 Å². The molecule has 0 amide bonds. The number of aliphatic hydroxyl groups is 2. The van der Waals surface area contributed by atoms with Crippen molar-refractivity contribution < 1.29 is 39.5 Å². The average Bonchev–Trinajstić information content (AvgIpc) is 2.60. The van der Waals surface area contributed by atoms with E-state index in [1.165, 1.54) is 6.07 Å². The van der Waals surface area contributed by atoms with Crippen LogP contribution < -0.4 is 0 Å². The maximum atomic E-state index is 11.5. The van der Waals surface area contributed by atoms with Crippen LogP contribution in [0.2, 0.25) is 0 Å². The van der Waals surface area contributed by atoms with Gasteiger partial charge in [0.05, 0.1) is 11.1 Å². The number of ether oxygens (including phenoxy) is 2. The smallest absolute Gasteiger partial charge is 0.335 e. The van der Waals surface area contributed by atoms with Crippen LogP contribution in [0.5, 0.6) is 0 Å². The molecule has 0 saturated heterocycles. The first-order chi connectivity index (χ1) is 12.5. The van der Waals surface area contributed by atoms with E-state index in [9.17, 15) is 19.8 Å². The normalized spacial score (nSPS) is 10.8. The highest BCUT2D eigenvalue weighted by molar-refractivity contribution is 5.96. The van der Waals surface area contributed by atoms with Gasteiger partial charge in [-0.3, -0.25) is 0 Å². The van der Waals surface area contributed by atoms with Gasteiger partial charge in [0.2, 0.25) is 0 Å². The summed E-state index contributed by atoms with van der Waals surface area (Å²) in [6.07, 6.45) is 3.61. The largest absolute Gasteiger partial charge is 0.478 e. The van der Waals surface area contributed by atoms with Crippen molar-refractivity contribution >= 4 is 11.9 Å². The highest BCUT2D eigenvalue weighted by Crippen LogP contribution is 2.22. The highest BCUT2D eigenvalue weighted by atomic mass is 16.6. The molecule has 26 heavy (non-hydrogen) atoms. The molecule has 1 rings (SSSR count). The molecular weight excluding hydrogens is 344 g/mol.